The molecule has 3 aliphatic heterocycles. The van der Waals surface area contributed by atoms with Crippen molar-refractivity contribution in [3.8, 4) is 0 Å². The fourth-order valence-electron chi connectivity index (χ4n) is 4.70. The van der Waals surface area contributed by atoms with Crippen LogP contribution in [0.2, 0.25) is 0 Å². The summed E-state index contributed by atoms with van der Waals surface area (Å²) in [6.45, 7) is 3.84. The number of carbonyl (C=O) groups is 1. The molecule has 0 unspecified atom stereocenters. The first kappa shape index (κ1) is 22.0. The third-order valence-electron chi connectivity index (χ3n) is 6.49. The molecular formula is C19H29ClN4O5. The van der Waals surface area contributed by atoms with E-state index in [1.807, 2.05) is 4.90 Å². The number of nitrogens with one attached hydrogen (secondary N) is 2. The molecule has 1 aromatic rings. The van der Waals surface area contributed by atoms with E-state index in [-0.39, 0.29) is 31.0 Å². The summed E-state index contributed by atoms with van der Waals surface area (Å²) in [5, 5.41) is 14.1. The Morgan fingerprint density at radius 3 is 2.66 bits per heavy atom. The summed E-state index contributed by atoms with van der Waals surface area (Å²) in [6.07, 6.45) is 5.13. The molecule has 0 bridgehead atoms. The zero-order chi connectivity index (χ0) is 19.9. The fraction of sp³-hybridized carbons (Fsp3) is 0.737. The zero-order valence-electron chi connectivity index (χ0n) is 16.6. The Kier molecular flexibility index (Phi) is 6.24. The molecule has 9 nitrogen and oxygen atoms in total. The molecule has 1 aromatic heterocycles. The second-order valence-corrected chi connectivity index (χ2v) is 8.54. The Labute approximate surface area is 174 Å². The lowest BCUT2D eigenvalue weighted by Gasteiger charge is -2.51. The van der Waals surface area contributed by atoms with Crippen molar-refractivity contribution >= 4 is 18.3 Å². The molecular weight excluding hydrogens is 400 g/mol. The first-order chi connectivity index (χ1) is 13.3. The number of carbonyl (C=O) groups excluding carboxylic acids is 1. The molecule has 3 atom stereocenters. The molecule has 3 aliphatic rings. The Morgan fingerprint density at radius 1 is 1.31 bits per heavy atom. The SMILES string of the molecule is C[C@]1(O)COC2(CCN(C(=O)[C@@H]3CCCN3)CC2)C[C@@H]1n1ccc(=O)[nH]c1=O.Cl. The average Bonchev–Trinajstić information content (AvgIpc) is 3.19. The molecule has 29 heavy (non-hydrogen) atoms. The van der Waals surface area contributed by atoms with Crippen molar-refractivity contribution < 1.29 is 14.6 Å². The third kappa shape index (κ3) is 4.28. The molecule has 3 N–H and O–H groups in total. The van der Waals surface area contributed by atoms with Gasteiger partial charge in [0.05, 0.1) is 24.3 Å². The molecule has 4 rings (SSSR count). The van der Waals surface area contributed by atoms with Crippen LogP contribution in [0.5, 0.6) is 0 Å². The van der Waals surface area contributed by atoms with Crippen LogP contribution in [0.4, 0.5) is 0 Å². The molecule has 3 saturated heterocycles. The third-order valence-corrected chi connectivity index (χ3v) is 6.49. The predicted molar refractivity (Wildman–Crippen MR) is 108 cm³/mol. The van der Waals surface area contributed by atoms with Gasteiger partial charge in [0.1, 0.15) is 5.60 Å². The maximum atomic E-state index is 12.6. The van der Waals surface area contributed by atoms with Crippen LogP contribution in [0.3, 0.4) is 0 Å². The summed E-state index contributed by atoms with van der Waals surface area (Å²) < 4.78 is 7.49. The smallest absolute Gasteiger partial charge is 0.328 e. The van der Waals surface area contributed by atoms with E-state index >= 15 is 0 Å². The van der Waals surface area contributed by atoms with Gasteiger partial charge in [0.15, 0.2) is 0 Å². The van der Waals surface area contributed by atoms with Crippen LogP contribution in [0.25, 0.3) is 0 Å². The van der Waals surface area contributed by atoms with Crippen molar-refractivity contribution in [2.75, 3.05) is 26.2 Å². The van der Waals surface area contributed by atoms with Crippen LogP contribution in [0.1, 0.15) is 45.1 Å². The highest BCUT2D eigenvalue weighted by molar-refractivity contribution is 5.85. The van der Waals surface area contributed by atoms with Crippen molar-refractivity contribution in [3.05, 3.63) is 33.1 Å². The summed E-state index contributed by atoms with van der Waals surface area (Å²) in [5.74, 6) is 0.156. The number of hydrogen-bond donors (Lipinski definition) is 3. The van der Waals surface area contributed by atoms with Gasteiger partial charge in [-0.2, -0.15) is 0 Å². The minimum Gasteiger partial charge on any atom is -0.386 e. The van der Waals surface area contributed by atoms with E-state index in [1.165, 1.54) is 16.8 Å². The maximum absolute atomic E-state index is 12.6. The average molecular weight is 429 g/mol. The van der Waals surface area contributed by atoms with Gasteiger partial charge < -0.3 is 20.1 Å². The van der Waals surface area contributed by atoms with E-state index in [0.717, 1.165) is 19.4 Å². The number of aromatic amines is 1. The van der Waals surface area contributed by atoms with E-state index in [1.54, 1.807) is 6.92 Å². The van der Waals surface area contributed by atoms with Crippen LogP contribution in [0, 0.1) is 0 Å². The van der Waals surface area contributed by atoms with Crippen molar-refractivity contribution in [1.29, 1.82) is 0 Å². The molecule has 3 fully saturated rings. The lowest BCUT2D eigenvalue weighted by molar-refractivity contribution is -0.202. The Balaban J connectivity index is 0.00000240. The van der Waals surface area contributed by atoms with E-state index in [4.69, 9.17) is 4.74 Å². The largest absolute Gasteiger partial charge is 0.386 e. The zero-order valence-corrected chi connectivity index (χ0v) is 17.4. The minimum atomic E-state index is -1.23. The van der Waals surface area contributed by atoms with Crippen molar-refractivity contribution in [2.45, 2.75) is 62.3 Å². The lowest BCUT2D eigenvalue weighted by atomic mass is 9.77. The van der Waals surface area contributed by atoms with Gasteiger partial charge in [-0.3, -0.25) is 19.1 Å². The quantitative estimate of drug-likeness (QED) is 0.599. The molecule has 0 aromatic carbocycles. The van der Waals surface area contributed by atoms with Crippen LogP contribution >= 0.6 is 12.4 Å². The number of nitrogens with zero attached hydrogens (tertiary/aromatic N) is 2. The normalized spacial score (nSPS) is 31.4. The van der Waals surface area contributed by atoms with Gasteiger partial charge >= 0.3 is 5.69 Å². The molecule has 162 valence electrons. The summed E-state index contributed by atoms with van der Waals surface area (Å²) in [6, 6.07) is 0.703. The topological polar surface area (TPSA) is 117 Å². The van der Waals surface area contributed by atoms with E-state index < -0.39 is 28.5 Å². The molecule has 4 heterocycles. The standard InChI is InChI=1S/C19H28N4O5.ClH/c1-18(27)12-28-19(11-14(18)23-8-4-15(24)21-17(23)26)5-9-22(10-6-19)16(25)13-3-2-7-20-13;/h4,8,13-14,20,27H,2-3,5-7,9-12H2,1H3,(H,21,24,26);1H/t13-,14-,18-;/m0./s1. The Morgan fingerprint density at radius 2 is 2.03 bits per heavy atom. The first-order valence-corrected chi connectivity index (χ1v) is 10.00. The molecule has 0 saturated carbocycles. The number of halogens is 1. The van der Waals surface area contributed by atoms with Crippen molar-refractivity contribution in [2.24, 2.45) is 0 Å². The van der Waals surface area contributed by atoms with Gasteiger partial charge in [-0.25, -0.2) is 4.79 Å². The number of amides is 1. The highest BCUT2D eigenvalue weighted by Gasteiger charge is 2.50. The summed E-state index contributed by atoms with van der Waals surface area (Å²) in [5.41, 5.74) is -2.71. The molecule has 10 heteroatoms. The number of aromatic nitrogens is 2. The Hall–Kier alpha value is -1.68. The molecule has 1 amide bonds. The van der Waals surface area contributed by atoms with Gasteiger partial charge in [0.2, 0.25) is 5.91 Å². The molecule has 0 aliphatic carbocycles. The van der Waals surface area contributed by atoms with Crippen LogP contribution in [-0.2, 0) is 9.53 Å². The summed E-state index contributed by atoms with van der Waals surface area (Å²) in [7, 11) is 0. The van der Waals surface area contributed by atoms with Gasteiger partial charge in [-0.1, -0.05) is 0 Å². The van der Waals surface area contributed by atoms with Crippen LogP contribution in [-0.4, -0.2) is 68.9 Å². The number of aliphatic hydroxyl groups is 1. The van der Waals surface area contributed by atoms with Crippen molar-refractivity contribution in [3.63, 3.8) is 0 Å². The van der Waals surface area contributed by atoms with Crippen LogP contribution in [0.15, 0.2) is 21.9 Å². The van der Waals surface area contributed by atoms with E-state index in [2.05, 4.69) is 10.3 Å². The fourth-order valence-corrected chi connectivity index (χ4v) is 4.70. The van der Waals surface area contributed by atoms with Crippen LogP contribution < -0.4 is 16.6 Å². The number of hydrogen-bond acceptors (Lipinski definition) is 6. The lowest BCUT2D eigenvalue weighted by Crippen LogP contribution is -2.59. The number of H-pyrrole nitrogens is 1. The molecule has 0 radical (unpaired) electrons. The number of ether oxygens (including phenoxy) is 1. The number of likely N-dealkylation sites (tertiary alicyclic amines) is 1. The van der Waals surface area contributed by atoms with Gasteiger partial charge in [-0.15, -0.1) is 12.4 Å². The molecule has 1 spiro atoms. The van der Waals surface area contributed by atoms with E-state index in [0.29, 0.717) is 32.4 Å². The second-order valence-electron chi connectivity index (χ2n) is 8.54. The highest BCUT2D eigenvalue weighted by Crippen LogP contribution is 2.43. The predicted octanol–water partition coefficient (Wildman–Crippen LogP) is -0.216. The van der Waals surface area contributed by atoms with Gasteiger partial charge in [-0.05, 0) is 39.2 Å². The summed E-state index contributed by atoms with van der Waals surface area (Å²) >= 11 is 0. The van der Waals surface area contributed by atoms with Gasteiger partial charge in [0, 0.05) is 31.8 Å². The number of piperidine rings is 1. The Bertz CT molecular complexity index is 853. The second kappa shape index (κ2) is 8.22. The maximum Gasteiger partial charge on any atom is 0.328 e. The first-order valence-electron chi connectivity index (χ1n) is 10.00. The monoisotopic (exact) mass is 428 g/mol. The van der Waals surface area contributed by atoms with E-state index in [9.17, 15) is 19.5 Å². The minimum absolute atomic E-state index is 0. The highest BCUT2D eigenvalue weighted by atomic mass is 35.5. The number of rotatable bonds is 2. The summed E-state index contributed by atoms with van der Waals surface area (Å²) in [4.78, 5) is 40.5. The van der Waals surface area contributed by atoms with Gasteiger partial charge in [0.25, 0.3) is 5.56 Å². The van der Waals surface area contributed by atoms with Crippen molar-refractivity contribution in [1.82, 2.24) is 19.8 Å².